The summed E-state index contributed by atoms with van der Waals surface area (Å²) in [6.45, 7) is 11.9. The van der Waals surface area contributed by atoms with Crippen LogP contribution in [0.1, 0.15) is 92.7 Å². The number of benzene rings is 2. The third kappa shape index (κ3) is 5.47. The van der Waals surface area contributed by atoms with Crippen LogP contribution in [0.25, 0.3) is 0 Å². The second-order valence-electron chi connectivity index (χ2n) is 11.1. The Kier molecular flexibility index (Phi) is 7.96. The van der Waals surface area contributed by atoms with Crippen molar-refractivity contribution in [2.45, 2.75) is 84.3 Å². The summed E-state index contributed by atoms with van der Waals surface area (Å²) in [5.74, 6) is -0.740. The maximum Gasteiger partial charge on any atom is 0.283 e. The molecule has 0 saturated carbocycles. The van der Waals surface area contributed by atoms with Gasteiger partial charge in [-0.1, -0.05) is 75.4 Å². The molecule has 8 nitrogen and oxygen atoms in total. The Balaban J connectivity index is 1.87. The number of nitrogens with one attached hydrogen (secondary N) is 1. The van der Waals surface area contributed by atoms with Crippen molar-refractivity contribution >= 4 is 21.8 Å². The van der Waals surface area contributed by atoms with Crippen molar-refractivity contribution in [2.75, 3.05) is 11.2 Å². The Morgan fingerprint density at radius 1 is 1.10 bits per heavy atom. The average molecular weight is 553 g/mol. The number of nitrogens with zero attached hydrogens (tertiary/aromatic N) is 3. The van der Waals surface area contributed by atoms with E-state index in [1.807, 2.05) is 61.0 Å². The van der Waals surface area contributed by atoms with Crippen molar-refractivity contribution in [1.82, 2.24) is 14.7 Å². The van der Waals surface area contributed by atoms with E-state index in [-0.39, 0.29) is 6.04 Å². The highest BCUT2D eigenvalue weighted by atomic mass is 32.2. The van der Waals surface area contributed by atoms with Crippen LogP contribution in [0.3, 0.4) is 0 Å². The zero-order valence-electron chi connectivity index (χ0n) is 23.7. The summed E-state index contributed by atoms with van der Waals surface area (Å²) in [6.07, 6.45) is 2.55. The molecule has 2 aromatic carbocycles. The highest BCUT2D eigenvalue weighted by Crippen LogP contribution is 2.43. The molecule has 1 aliphatic heterocycles. The number of carbonyl (C=O) groups excluding carboxylic acids is 1. The smallest absolute Gasteiger partial charge is 0.283 e. The van der Waals surface area contributed by atoms with Crippen LogP contribution in [0.2, 0.25) is 0 Å². The van der Waals surface area contributed by atoms with Gasteiger partial charge in [0, 0.05) is 0 Å². The molecule has 0 radical (unpaired) electrons. The first-order valence-electron chi connectivity index (χ1n) is 13.6. The lowest BCUT2D eigenvalue weighted by Crippen LogP contribution is -2.51. The van der Waals surface area contributed by atoms with Crippen molar-refractivity contribution < 1.29 is 17.8 Å². The van der Waals surface area contributed by atoms with Gasteiger partial charge in [0.05, 0.1) is 22.8 Å². The fraction of sp³-hybridized carbons (Fsp3) is 0.467. The molecule has 0 spiro atoms. The van der Waals surface area contributed by atoms with Crippen LogP contribution in [-0.2, 0) is 27.6 Å². The molecule has 39 heavy (non-hydrogen) atoms. The van der Waals surface area contributed by atoms with Gasteiger partial charge in [-0.3, -0.25) is 9.35 Å². The van der Waals surface area contributed by atoms with E-state index in [9.17, 15) is 17.8 Å². The summed E-state index contributed by atoms with van der Waals surface area (Å²) in [4.78, 5) is 15.9. The standard InChI is InChI=1S/C30H40N4O4S/c1-7-22-15-17-24(18-16-22)30(8-2,9-3)33(20-39(36,37)38)28(35)26-21(4)32-34-27(26)31-25(19-29(34,5)6)23-13-11-10-12-14-23/h10-18,25,31H,7-9,19-20H2,1-6H3,(H,36,37,38)/t25-/m1/s1. The van der Waals surface area contributed by atoms with Gasteiger partial charge in [0.25, 0.3) is 16.0 Å². The quantitative estimate of drug-likeness (QED) is 0.313. The van der Waals surface area contributed by atoms with Crippen LogP contribution in [0, 0.1) is 6.92 Å². The molecule has 0 unspecified atom stereocenters. The number of aromatic nitrogens is 2. The van der Waals surface area contributed by atoms with Crippen LogP contribution < -0.4 is 5.32 Å². The van der Waals surface area contributed by atoms with Gasteiger partial charge >= 0.3 is 0 Å². The predicted molar refractivity (Wildman–Crippen MR) is 154 cm³/mol. The zero-order valence-corrected chi connectivity index (χ0v) is 24.5. The van der Waals surface area contributed by atoms with Gasteiger partial charge in [-0.15, -0.1) is 0 Å². The highest BCUT2D eigenvalue weighted by Gasteiger charge is 2.45. The van der Waals surface area contributed by atoms with E-state index in [4.69, 9.17) is 5.10 Å². The van der Waals surface area contributed by atoms with E-state index in [1.54, 1.807) is 6.92 Å². The number of rotatable bonds is 9. The monoisotopic (exact) mass is 552 g/mol. The summed E-state index contributed by atoms with van der Waals surface area (Å²) in [5, 5.41) is 8.30. The van der Waals surface area contributed by atoms with Gasteiger partial charge < -0.3 is 10.2 Å². The summed E-state index contributed by atoms with van der Waals surface area (Å²) < 4.78 is 36.6. The first-order chi connectivity index (χ1) is 18.4. The van der Waals surface area contributed by atoms with Crippen molar-refractivity contribution in [2.24, 2.45) is 0 Å². The molecule has 1 aromatic heterocycles. The fourth-order valence-corrected chi connectivity index (χ4v) is 6.66. The van der Waals surface area contributed by atoms with Gasteiger partial charge in [-0.2, -0.15) is 13.5 Å². The Labute approximate surface area is 232 Å². The molecule has 2 N–H and O–H groups in total. The molecule has 210 valence electrons. The third-order valence-corrected chi connectivity index (χ3v) is 8.77. The summed E-state index contributed by atoms with van der Waals surface area (Å²) in [5.41, 5.74) is 2.54. The molecular weight excluding hydrogens is 512 g/mol. The Morgan fingerprint density at radius 2 is 1.72 bits per heavy atom. The Hall–Kier alpha value is -3.17. The van der Waals surface area contributed by atoms with Crippen molar-refractivity contribution in [3.8, 4) is 0 Å². The maximum atomic E-state index is 14.5. The molecule has 3 aromatic rings. The number of anilines is 1. The minimum Gasteiger partial charge on any atom is -0.363 e. The largest absolute Gasteiger partial charge is 0.363 e. The fourth-order valence-electron chi connectivity index (χ4n) is 5.96. The zero-order chi connectivity index (χ0) is 28.6. The molecular formula is C30H40N4O4S. The highest BCUT2D eigenvalue weighted by molar-refractivity contribution is 7.85. The van der Waals surface area contributed by atoms with Crippen LogP contribution in [0.4, 0.5) is 5.82 Å². The number of hydrogen-bond donors (Lipinski definition) is 2. The predicted octanol–water partition coefficient (Wildman–Crippen LogP) is 6.05. The Morgan fingerprint density at radius 3 is 2.26 bits per heavy atom. The Bertz CT molecular complexity index is 1430. The van der Waals surface area contributed by atoms with Gasteiger partial charge in [0.15, 0.2) is 0 Å². The van der Waals surface area contributed by atoms with Crippen molar-refractivity contribution in [1.29, 1.82) is 0 Å². The van der Waals surface area contributed by atoms with Crippen LogP contribution >= 0.6 is 0 Å². The maximum absolute atomic E-state index is 14.5. The lowest BCUT2D eigenvalue weighted by atomic mass is 9.82. The molecule has 1 aliphatic rings. The topological polar surface area (TPSA) is 105 Å². The van der Waals surface area contributed by atoms with Crippen molar-refractivity contribution in [3.05, 3.63) is 82.5 Å². The first-order valence-corrected chi connectivity index (χ1v) is 15.3. The van der Waals surface area contributed by atoms with E-state index in [1.165, 1.54) is 4.90 Å². The molecule has 1 atom stereocenters. The number of hydrogen-bond acceptors (Lipinski definition) is 5. The SMILES string of the molecule is CCc1ccc(C(CC)(CC)N(CS(=O)(=O)O)C(=O)c2c(C)nn3c2N[C@@H](c2ccccc2)CC3(C)C)cc1. The van der Waals surface area contributed by atoms with Crippen molar-refractivity contribution in [3.63, 3.8) is 0 Å². The minimum absolute atomic E-state index is 0.0601. The van der Waals surface area contributed by atoms with E-state index in [0.29, 0.717) is 29.9 Å². The number of aryl methyl sites for hydroxylation is 2. The van der Waals surface area contributed by atoms with E-state index < -0.39 is 33.0 Å². The molecule has 0 bridgehead atoms. The second-order valence-corrected chi connectivity index (χ2v) is 12.5. The molecule has 2 heterocycles. The molecule has 9 heteroatoms. The van der Waals surface area contributed by atoms with Gasteiger partial charge in [-0.05, 0) is 63.1 Å². The lowest BCUT2D eigenvalue weighted by molar-refractivity contribution is 0.0483. The third-order valence-electron chi connectivity index (χ3n) is 8.19. The van der Waals surface area contributed by atoms with E-state index >= 15 is 0 Å². The van der Waals surface area contributed by atoms with E-state index in [0.717, 1.165) is 29.5 Å². The number of carbonyl (C=O) groups is 1. The number of amides is 1. The lowest BCUT2D eigenvalue weighted by Gasteiger charge is -2.43. The number of fused-ring (bicyclic) bond motifs is 1. The summed E-state index contributed by atoms with van der Waals surface area (Å²) in [7, 11) is -4.54. The molecule has 1 amide bonds. The van der Waals surface area contributed by atoms with Gasteiger partial charge in [0.2, 0.25) is 0 Å². The molecule has 4 rings (SSSR count). The molecule has 0 saturated heterocycles. The van der Waals surface area contributed by atoms with Gasteiger partial charge in [0.1, 0.15) is 17.3 Å². The van der Waals surface area contributed by atoms with Crippen LogP contribution in [0.5, 0.6) is 0 Å². The first kappa shape index (κ1) is 28.8. The van der Waals surface area contributed by atoms with Crippen LogP contribution in [0.15, 0.2) is 54.6 Å². The second kappa shape index (κ2) is 10.8. The van der Waals surface area contributed by atoms with E-state index in [2.05, 4.69) is 38.2 Å². The van der Waals surface area contributed by atoms with Gasteiger partial charge in [-0.25, -0.2) is 4.68 Å². The normalized spacial score (nSPS) is 16.8. The van der Waals surface area contributed by atoms with Crippen LogP contribution in [-0.4, -0.2) is 39.4 Å². The minimum atomic E-state index is -4.54. The molecule has 0 aliphatic carbocycles. The molecule has 0 fully saturated rings. The summed E-state index contributed by atoms with van der Waals surface area (Å²) >= 11 is 0. The summed E-state index contributed by atoms with van der Waals surface area (Å²) in [6, 6.07) is 17.9. The average Bonchev–Trinajstić information content (AvgIpc) is 3.25.